The van der Waals surface area contributed by atoms with Gasteiger partial charge in [0.2, 0.25) is 10.0 Å². The topological polar surface area (TPSA) is 70.2 Å². The summed E-state index contributed by atoms with van der Waals surface area (Å²) in [6.07, 6.45) is 3.45. The normalized spacial score (nSPS) is 19.5. The van der Waals surface area contributed by atoms with Crippen LogP contribution < -0.4 is 15.4 Å². The molecule has 3 N–H and O–H groups in total. The lowest BCUT2D eigenvalue weighted by atomic mass is 10.1. The average molecular weight is 283 g/mol. The Hall–Kier alpha value is -1.11. The minimum Gasteiger partial charge on any atom is -0.384 e. The van der Waals surface area contributed by atoms with Gasteiger partial charge in [-0.25, -0.2) is 13.1 Å². The number of hydrogen-bond donors (Lipinski definition) is 3. The molecule has 0 aromatic heterocycles. The van der Waals surface area contributed by atoms with Crippen LogP contribution in [0, 0.1) is 0 Å². The van der Waals surface area contributed by atoms with E-state index in [2.05, 4.69) is 15.4 Å². The van der Waals surface area contributed by atoms with Crippen molar-refractivity contribution in [2.45, 2.75) is 30.2 Å². The van der Waals surface area contributed by atoms with E-state index in [1.807, 2.05) is 6.07 Å². The first-order valence-corrected chi connectivity index (χ1v) is 8.11. The Morgan fingerprint density at radius 2 is 2.16 bits per heavy atom. The largest absolute Gasteiger partial charge is 0.384 e. The van der Waals surface area contributed by atoms with Crippen molar-refractivity contribution in [2.24, 2.45) is 0 Å². The molecule has 1 unspecified atom stereocenters. The van der Waals surface area contributed by atoms with E-state index in [4.69, 9.17) is 0 Å². The fourth-order valence-corrected chi connectivity index (χ4v) is 3.25. The molecule has 1 aromatic carbocycles. The number of anilines is 1. The zero-order valence-corrected chi connectivity index (χ0v) is 12.0. The molecule has 1 fully saturated rings. The van der Waals surface area contributed by atoms with Crippen molar-refractivity contribution < 1.29 is 8.42 Å². The highest BCUT2D eigenvalue weighted by molar-refractivity contribution is 7.89. The molecular weight excluding hydrogens is 262 g/mol. The maximum absolute atomic E-state index is 11.9. The zero-order valence-electron chi connectivity index (χ0n) is 11.1. The Morgan fingerprint density at radius 1 is 1.37 bits per heavy atom. The number of rotatable bonds is 6. The van der Waals surface area contributed by atoms with Crippen LogP contribution in [0.4, 0.5) is 5.69 Å². The van der Waals surface area contributed by atoms with E-state index in [0.29, 0.717) is 16.6 Å². The molecule has 6 heteroatoms. The number of benzene rings is 1. The molecular formula is C13H21N3O2S. The van der Waals surface area contributed by atoms with Crippen LogP contribution in [0.2, 0.25) is 0 Å². The standard InChI is InChI=1S/C13H21N3O2S/c1-14-19(17,18)13-7-3-2-6-12(13)16-10-8-11-5-4-9-15-11/h2-3,6-7,11,14-16H,4-5,8-10H2,1H3. The average Bonchev–Trinajstić information content (AvgIpc) is 2.92. The zero-order chi connectivity index (χ0) is 13.7. The van der Waals surface area contributed by atoms with E-state index >= 15 is 0 Å². The van der Waals surface area contributed by atoms with Gasteiger partial charge < -0.3 is 10.6 Å². The molecule has 2 rings (SSSR count). The molecule has 0 saturated carbocycles. The van der Waals surface area contributed by atoms with Crippen molar-refractivity contribution in [2.75, 3.05) is 25.5 Å². The second-order valence-corrected chi connectivity index (χ2v) is 6.57. The molecule has 1 heterocycles. The summed E-state index contributed by atoms with van der Waals surface area (Å²) < 4.78 is 26.1. The Kier molecular flexibility index (Phi) is 4.79. The summed E-state index contributed by atoms with van der Waals surface area (Å²) in [7, 11) is -1.98. The second-order valence-electron chi connectivity index (χ2n) is 4.71. The summed E-state index contributed by atoms with van der Waals surface area (Å²) in [4.78, 5) is 0.303. The maximum atomic E-state index is 11.9. The molecule has 1 saturated heterocycles. The smallest absolute Gasteiger partial charge is 0.242 e. The SMILES string of the molecule is CNS(=O)(=O)c1ccccc1NCCC1CCCN1. The van der Waals surface area contributed by atoms with E-state index in [0.717, 1.165) is 19.5 Å². The summed E-state index contributed by atoms with van der Waals surface area (Å²) in [5, 5.41) is 6.65. The summed E-state index contributed by atoms with van der Waals surface area (Å²) in [6, 6.07) is 7.54. The van der Waals surface area contributed by atoms with Crippen molar-refractivity contribution in [3.8, 4) is 0 Å². The van der Waals surface area contributed by atoms with Crippen LogP contribution in [-0.2, 0) is 10.0 Å². The van der Waals surface area contributed by atoms with Crippen molar-refractivity contribution in [3.05, 3.63) is 24.3 Å². The molecule has 1 aliphatic heterocycles. The van der Waals surface area contributed by atoms with Gasteiger partial charge in [0.05, 0.1) is 5.69 Å². The summed E-state index contributed by atoms with van der Waals surface area (Å²) >= 11 is 0. The third-order valence-corrected chi connectivity index (χ3v) is 4.89. The van der Waals surface area contributed by atoms with E-state index in [9.17, 15) is 8.42 Å². The van der Waals surface area contributed by atoms with Gasteiger partial charge in [-0.15, -0.1) is 0 Å². The third-order valence-electron chi connectivity index (χ3n) is 3.42. The first kappa shape index (κ1) is 14.3. The van der Waals surface area contributed by atoms with Crippen LogP contribution in [0.15, 0.2) is 29.2 Å². The Balaban J connectivity index is 1.99. The molecule has 106 valence electrons. The van der Waals surface area contributed by atoms with Crippen molar-refractivity contribution in [1.82, 2.24) is 10.0 Å². The van der Waals surface area contributed by atoms with E-state index < -0.39 is 10.0 Å². The minimum atomic E-state index is -3.41. The predicted molar refractivity (Wildman–Crippen MR) is 76.8 cm³/mol. The highest BCUT2D eigenvalue weighted by Gasteiger charge is 2.17. The molecule has 0 bridgehead atoms. The third kappa shape index (κ3) is 3.68. The van der Waals surface area contributed by atoms with Gasteiger partial charge in [0.25, 0.3) is 0 Å². The lowest BCUT2D eigenvalue weighted by Gasteiger charge is -2.14. The highest BCUT2D eigenvalue weighted by atomic mass is 32.2. The van der Waals surface area contributed by atoms with Crippen molar-refractivity contribution >= 4 is 15.7 Å². The van der Waals surface area contributed by atoms with Crippen LogP contribution in [0.5, 0.6) is 0 Å². The van der Waals surface area contributed by atoms with Crippen LogP contribution >= 0.6 is 0 Å². The van der Waals surface area contributed by atoms with E-state index in [-0.39, 0.29) is 0 Å². The number of sulfonamides is 1. The monoisotopic (exact) mass is 283 g/mol. The first-order valence-electron chi connectivity index (χ1n) is 6.63. The quantitative estimate of drug-likeness (QED) is 0.732. The molecule has 19 heavy (non-hydrogen) atoms. The van der Waals surface area contributed by atoms with Crippen molar-refractivity contribution in [3.63, 3.8) is 0 Å². The summed E-state index contributed by atoms with van der Waals surface area (Å²) in [5.41, 5.74) is 0.662. The van der Waals surface area contributed by atoms with Gasteiger partial charge in [-0.1, -0.05) is 12.1 Å². The first-order chi connectivity index (χ1) is 9.13. The summed E-state index contributed by atoms with van der Waals surface area (Å²) in [6.45, 7) is 1.86. The molecule has 5 nitrogen and oxygen atoms in total. The number of hydrogen-bond acceptors (Lipinski definition) is 4. The van der Waals surface area contributed by atoms with Crippen molar-refractivity contribution in [1.29, 1.82) is 0 Å². The Morgan fingerprint density at radius 3 is 2.84 bits per heavy atom. The highest BCUT2D eigenvalue weighted by Crippen LogP contribution is 2.20. The van der Waals surface area contributed by atoms with Crippen LogP contribution in [0.3, 0.4) is 0 Å². The van der Waals surface area contributed by atoms with E-state index in [1.54, 1.807) is 18.2 Å². The van der Waals surface area contributed by atoms with Gasteiger partial charge in [0.15, 0.2) is 0 Å². The van der Waals surface area contributed by atoms with Gasteiger partial charge in [0, 0.05) is 12.6 Å². The molecule has 0 radical (unpaired) electrons. The van der Waals surface area contributed by atoms with Gasteiger partial charge >= 0.3 is 0 Å². The molecule has 0 aliphatic carbocycles. The lowest BCUT2D eigenvalue weighted by Crippen LogP contribution is -2.25. The van der Waals surface area contributed by atoms with Crippen LogP contribution in [0.25, 0.3) is 0 Å². The van der Waals surface area contributed by atoms with E-state index in [1.165, 1.54) is 19.9 Å². The second kappa shape index (κ2) is 6.36. The minimum absolute atomic E-state index is 0.303. The summed E-state index contributed by atoms with van der Waals surface area (Å²) in [5.74, 6) is 0. The van der Waals surface area contributed by atoms with Gasteiger partial charge in [-0.3, -0.25) is 0 Å². The maximum Gasteiger partial charge on any atom is 0.242 e. The van der Waals surface area contributed by atoms with Crippen LogP contribution in [-0.4, -0.2) is 34.6 Å². The fourth-order valence-electron chi connectivity index (χ4n) is 2.34. The Bertz CT molecular complexity index is 510. The number of para-hydroxylation sites is 1. The molecule has 1 atom stereocenters. The molecule has 0 amide bonds. The van der Waals surface area contributed by atoms with Crippen LogP contribution in [0.1, 0.15) is 19.3 Å². The molecule has 0 spiro atoms. The lowest BCUT2D eigenvalue weighted by molar-refractivity contribution is 0.573. The Labute approximate surface area is 114 Å². The number of nitrogens with one attached hydrogen (secondary N) is 3. The fraction of sp³-hybridized carbons (Fsp3) is 0.538. The predicted octanol–water partition coefficient (Wildman–Crippen LogP) is 1.15. The van der Waals surface area contributed by atoms with Gasteiger partial charge in [-0.2, -0.15) is 0 Å². The van der Waals surface area contributed by atoms with Gasteiger partial charge in [0.1, 0.15) is 4.90 Å². The molecule has 1 aromatic rings. The van der Waals surface area contributed by atoms with Gasteiger partial charge in [-0.05, 0) is 45.0 Å². The molecule has 1 aliphatic rings.